The zero-order valence-electron chi connectivity index (χ0n) is 12.7. The highest BCUT2D eigenvalue weighted by atomic mass is 16.2. The van der Waals surface area contributed by atoms with Gasteiger partial charge in [-0.05, 0) is 36.1 Å². The van der Waals surface area contributed by atoms with E-state index in [1.807, 2.05) is 27.7 Å². The molecule has 0 aliphatic carbocycles. The van der Waals surface area contributed by atoms with Gasteiger partial charge in [-0.15, -0.1) is 0 Å². The normalized spacial score (nSPS) is 12.7. The summed E-state index contributed by atoms with van der Waals surface area (Å²) >= 11 is 0. The van der Waals surface area contributed by atoms with Crippen molar-refractivity contribution in [2.24, 2.45) is 11.1 Å². The molecule has 1 aromatic carbocycles. The van der Waals surface area contributed by atoms with Crippen molar-refractivity contribution in [3.8, 4) is 0 Å². The maximum atomic E-state index is 12.1. The molecule has 0 fully saturated rings. The molecular weight excluding hydrogens is 254 g/mol. The van der Waals surface area contributed by atoms with Gasteiger partial charge in [-0.25, -0.2) is 0 Å². The Morgan fingerprint density at radius 1 is 1.25 bits per heavy atom. The van der Waals surface area contributed by atoms with Crippen LogP contribution >= 0.6 is 0 Å². The number of aryl methyl sites for hydroxylation is 1. The average Bonchev–Trinajstić information content (AvgIpc) is 2.38. The first-order valence-corrected chi connectivity index (χ1v) is 6.56. The number of nitrogens with one attached hydrogen (secondary N) is 2. The van der Waals surface area contributed by atoms with Crippen LogP contribution in [0.4, 0.5) is 5.69 Å². The van der Waals surface area contributed by atoms with Crippen molar-refractivity contribution >= 4 is 17.5 Å². The lowest BCUT2D eigenvalue weighted by Gasteiger charge is -2.26. The van der Waals surface area contributed by atoms with Gasteiger partial charge < -0.3 is 16.4 Å². The molecular formula is C15H23N3O2. The number of benzene rings is 1. The van der Waals surface area contributed by atoms with Gasteiger partial charge in [0.15, 0.2) is 0 Å². The smallest absolute Gasteiger partial charge is 0.251 e. The lowest BCUT2D eigenvalue weighted by molar-refractivity contribution is -0.119. The summed E-state index contributed by atoms with van der Waals surface area (Å²) in [6.07, 6.45) is 0. The number of anilines is 1. The van der Waals surface area contributed by atoms with Crippen molar-refractivity contribution in [1.29, 1.82) is 0 Å². The third-order valence-corrected chi connectivity index (χ3v) is 3.19. The summed E-state index contributed by atoms with van der Waals surface area (Å²) in [4.78, 5) is 23.6. The van der Waals surface area contributed by atoms with Gasteiger partial charge in [-0.1, -0.05) is 20.8 Å². The predicted octanol–water partition coefficient (Wildman–Crippen LogP) is 1.67. The van der Waals surface area contributed by atoms with E-state index in [0.29, 0.717) is 11.3 Å². The Labute approximate surface area is 119 Å². The van der Waals surface area contributed by atoms with E-state index in [2.05, 4.69) is 10.6 Å². The molecule has 0 saturated carbocycles. The molecule has 0 aromatic heterocycles. The van der Waals surface area contributed by atoms with E-state index >= 15 is 0 Å². The summed E-state index contributed by atoms with van der Waals surface area (Å²) in [5.41, 5.74) is 7.66. The van der Waals surface area contributed by atoms with Crippen LogP contribution in [0.15, 0.2) is 18.2 Å². The van der Waals surface area contributed by atoms with Crippen LogP contribution in [-0.4, -0.2) is 24.9 Å². The van der Waals surface area contributed by atoms with Gasteiger partial charge in [0.05, 0.1) is 6.04 Å². The van der Waals surface area contributed by atoms with E-state index < -0.39 is 6.04 Å². The number of hydrogen-bond donors (Lipinski definition) is 3. The van der Waals surface area contributed by atoms with Crippen LogP contribution in [0.2, 0.25) is 0 Å². The van der Waals surface area contributed by atoms with Crippen molar-refractivity contribution < 1.29 is 9.59 Å². The molecule has 0 bridgehead atoms. The fourth-order valence-electron chi connectivity index (χ4n) is 1.69. The van der Waals surface area contributed by atoms with Crippen LogP contribution in [0, 0.1) is 12.3 Å². The quantitative estimate of drug-likeness (QED) is 0.785. The third kappa shape index (κ3) is 3.81. The van der Waals surface area contributed by atoms with Crippen molar-refractivity contribution in [3.63, 3.8) is 0 Å². The summed E-state index contributed by atoms with van der Waals surface area (Å²) in [5, 5.41) is 5.37. The summed E-state index contributed by atoms with van der Waals surface area (Å²) in [6, 6.07) is 4.52. The van der Waals surface area contributed by atoms with Gasteiger partial charge in [-0.2, -0.15) is 0 Å². The van der Waals surface area contributed by atoms with Crippen LogP contribution in [0.5, 0.6) is 0 Å². The molecule has 0 heterocycles. The fourth-order valence-corrected chi connectivity index (χ4v) is 1.69. The van der Waals surface area contributed by atoms with Crippen molar-refractivity contribution in [2.45, 2.75) is 33.7 Å². The SMILES string of the molecule is CNC(=O)c1ccc(NC(=O)[C@H](N)C(C)(C)C)c(C)c1. The Bertz CT molecular complexity index is 518. The second-order valence-corrected chi connectivity index (χ2v) is 5.94. The van der Waals surface area contributed by atoms with Gasteiger partial charge in [0.2, 0.25) is 5.91 Å². The van der Waals surface area contributed by atoms with E-state index in [1.54, 1.807) is 25.2 Å². The molecule has 20 heavy (non-hydrogen) atoms. The van der Waals surface area contributed by atoms with Crippen molar-refractivity contribution in [2.75, 3.05) is 12.4 Å². The van der Waals surface area contributed by atoms with E-state index in [-0.39, 0.29) is 17.2 Å². The Balaban J connectivity index is 2.89. The van der Waals surface area contributed by atoms with E-state index in [4.69, 9.17) is 5.73 Å². The molecule has 4 N–H and O–H groups in total. The molecule has 110 valence electrons. The van der Waals surface area contributed by atoms with Crippen LogP contribution in [0.25, 0.3) is 0 Å². The van der Waals surface area contributed by atoms with E-state index in [9.17, 15) is 9.59 Å². The summed E-state index contributed by atoms with van der Waals surface area (Å²) in [6.45, 7) is 7.58. The third-order valence-electron chi connectivity index (χ3n) is 3.19. The minimum atomic E-state index is -0.597. The van der Waals surface area contributed by atoms with Crippen LogP contribution in [0.1, 0.15) is 36.7 Å². The predicted molar refractivity (Wildman–Crippen MR) is 80.6 cm³/mol. The first-order chi connectivity index (χ1) is 9.16. The standard InChI is InChI=1S/C15H23N3O2/c1-9-8-10(13(19)17-5)6-7-11(9)18-14(20)12(16)15(2,3)4/h6-8,12H,16H2,1-5H3,(H,17,19)(H,18,20)/t12-/m0/s1. The molecule has 0 saturated heterocycles. The molecule has 0 radical (unpaired) electrons. The highest BCUT2D eigenvalue weighted by molar-refractivity contribution is 5.98. The minimum absolute atomic E-state index is 0.155. The lowest BCUT2D eigenvalue weighted by atomic mass is 9.87. The molecule has 1 atom stereocenters. The topological polar surface area (TPSA) is 84.2 Å². The Morgan fingerprint density at radius 3 is 2.30 bits per heavy atom. The van der Waals surface area contributed by atoms with Gasteiger partial charge in [0, 0.05) is 18.3 Å². The van der Waals surface area contributed by atoms with Crippen LogP contribution < -0.4 is 16.4 Å². The highest BCUT2D eigenvalue weighted by Gasteiger charge is 2.27. The molecule has 0 unspecified atom stereocenters. The molecule has 0 aliphatic rings. The Kier molecular flexibility index (Phi) is 4.89. The second kappa shape index (κ2) is 6.05. The Hall–Kier alpha value is -1.88. The molecule has 0 aliphatic heterocycles. The molecule has 1 rings (SSSR count). The summed E-state index contributed by atoms with van der Waals surface area (Å²) in [5.74, 6) is -0.384. The van der Waals surface area contributed by atoms with E-state index in [0.717, 1.165) is 5.56 Å². The fraction of sp³-hybridized carbons (Fsp3) is 0.467. The van der Waals surface area contributed by atoms with Gasteiger partial charge in [-0.3, -0.25) is 9.59 Å². The Morgan fingerprint density at radius 2 is 1.85 bits per heavy atom. The number of carbonyl (C=O) groups excluding carboxylic acids is 2. The number of hydrogen-bond acceptors (Lipinski definition) is 3. The summed E-state index contributed by atoms with van der Waals surface area (Å²) in [7, 11) is 1.58. The maximum absolute atomic E-state index is 12.1. The average molecular weight is 277 g/mol. The van der Waals surface area contributed by atoms with Crippen molar-refractivity contribution in [3.05, 3.63) is 29.3 Å². The molecule has 1 aromatic rings. The van der Waals surface area contributed by atoms with Gasteiger partial charge in [0.25, 0.3) is 5.91 Å². The monoisotopic (exact) mass is 277 g/mol. The zero-order chi connectivity index (χ0) is 15.5. The number of rotatable bonds is 3. The van der Waals surface area contributed by atoms with E-state index in [1.165, 1.54) is 0 Å². The minimum Gasteiger partial charge on any atom is -0.355 e. The molecule has 0 spiro atoms. The first-order valence-electron chi connectivity index (χ1n) is 6.56. The van der Waals surface area contributed by atoms with Gasteiger partial charge in [0.1, 0.15) is 0 Å². The van der Waals surface area contributed by atoms with Gasteiger partial charge >= 0.3 is 0 Å². The first kappa shape index (κ1) is 16.2. The maximum Gasteiger partial charge on any atom is 0.251 e. The molecule has 2 amide bonds. The van der Waals surface area contributed by atoms with Crippen molar-refractivity contribution in [1.82, 2.24) is 5.32 Å². The lowest BCUT2D eigenvalue weighted by Crippen LogP contribution is -2.45. The largest absolute Gasteiger partial charge is 0.355 e. The molecule has 5 heteroatoms. The van der Waals surface area contributed by atoms with Crippen LogP contribution in [-0.2, 0) is 4.79 Å². The van der Waals surface area contributed by atoms with Crippen LogP contribution in [0.3, 0.4) is 0 Å². The molecule has 5 nitrogen and oxygen atoms in total. The zero-order valence-corrected chi connectivity index (χ0v) is 12.7. The number of nitrogens with two attached hydrogens (primary N) is 1. The number of amides is 2. The second-order valence-electron chi connectivity index (χ2n) is 5.94. The number of carbonyl (C=O) groups is 2. The highest BCUT2D eigenvalue weighted by Crippen LogP contribution is 2.21. The summed E-state index contributed by atoms with van der Waals surface area (Å²) < 4.78 is 0.